The third kappa shape index (κ3) is 3.04. The minimum Gasteiger partial charge on any atom is -0.479 e. The molecule has 2 aliphatic rings. The van der Waals surface area contributed by atoms with E-state index in [-0.39, 0.29) is 24.9 Å². The topological polar surface area (TPSA) is 81.7 Å². The lowest BCUT2D eigenvalue weighted by Gasteiger charge is -2.21. The standard InChI is InChI=1S/C15H17ClFN3O3/c16-10-4-2-1-3-9(10)11-7-12(19-18-11)13(21)20-6-5-15(17,8-20)14(22)23/h1-4,11-12,18-19H,5-8H2,(H,22,23). The van der Waals surface area contributed by atoms with E-state index in [0.717, 1.165) is 5.56 Å². The minimum absolute atomic E-state index is 0.108. The van der Waals surface area contributed by atoms with Gasteiger partial charge in [-0.05, 0) is 18.1 Å². The lowest BCUT2D eigenvalue weighted by molar-refractivity contribution is -0.150. The zero-order valence-corrected chi connectivity index (χ0v) is 13.0. The average molecular weight is 342 g/mol. The molecule has 2 aliphatic heterocycles. The van der Waals surface area contributed by atoms with Crippen LogP contribution in [0.4, 0.5) is 4.39 Å². The highest BCUT2D eigenvalue weighted by atomic mass is 35.5. The zero-order valence-electron chi connectivity index (χ0n) is 12.3. The number of rotatable bonds is 3. The molecule has 1 amide bonds. The van der Waals surface area contributed by atoms with Gasteiger partial charge in [0.25, 0.3) is 0 Å². The summed E-state index contributed by atoms with van der Waals surface area (Å²) in [4.78, 5) is 24.6. The lowest BCUT2D eigenvalue weighted by atomic mass is 10.0. The quantitative estimate of drug-likeness (QED) is 0.771. The van der Waals surface area contributed by atoms with Gasteiger partial charge < -0.3 is 10.0 Å². The van der Waals surface area contributed by atoms with E-state index in [0.29, 0.717) is 11.4 Å². The number of hydrazine groups is 1. The normalized spacial score (nSPS) is 30.6. The second kappa shape index (κ2) is 6.07. The fourth-order valence-corrected chi connectivity index (χ4v) is 3.30. The molecule has 8 heteroatoms. The molecule has 6 nitrogen and oxygen atoms in total. The number of carboxylic acids is 1. The molecule has 3 N–H and O–H groups in total. The van der Waals surface area contributed by atoms with Crippen molar-refractivity contribution in [2.75, 3.05) is 13.1 Å². The fraction of sp³-hybridized carbons (Fsp3) is 0.467. The number of amides is 1. The summed E-state index contributed by atoms with van der Waals surface area (Å²) < 4.78 is 14.1. The number of nitrogens with zero attached hydrogens (tertiary/aromatic N) is 1. The Hall–Kier alpha value is -1.70. The van der Waals surface area contributed by atoms with Crippen LogP contribution in [0.2, 0.25) is 5.02 Å². The van der Waals surface area contributed by atoms with Gasteiger partial charge in [-0.3, -0.25) is 4.79 Å². The van der Waals surface area contributed by atoms with Gasteiger partial charge in [-0.1, -0.05) is 29.8 Å². The van der Waals surface area contributed by atoms with E-state index >= 15 is 0 Å². The number of carbonyl (C=O) groups excluding carboxylic acids is 1. The monoisotopic (exact) mass is 341 g/mol. The van der Waals surface area contributed by atoms with E-state index in [1.165, 1.54) is 4.90 Å². The number of nitrogens with one attached hydrogen (secondary N) is 2. The third-order valence-corrected chi connectivity index (χ3v) is 4.74. The van der Waals surface area contributed by atoms with Crippen LogP contribution in [0.25, 0.3) is 0 Å². The Kier molecular flexibility index (Phi) is 4.27. The number of carboxylic acid groups (broad SMARTS) is 1. The Balaban J connectivity index is 1.65. The Morgan fingerprint density at radius 1 is 1.35 bits per heavy atom. The maximum Gasteiger partial charge on any atom is 0.343 e. The van der Waals surface area contributed by atoms with Crippen molar-refractivity contribution in [1.82, 2.24) is 15.8 Å². The molecule has 0 aliphatic carbocycles. The third-order valence-electron chi connectivity index (χ3n) is 4.40. The van der Waals surface area contributed by atoms with E-state index in [4.69, 9.17) is 16.7 Å². The highest BCUT2D eigenvalue weighted by Crippen LogP contribution is 2.31. The van der Waals surface area contributed by atoms with E-state index in [2.05, 4.69) is 10.9 Å². The van der Waals surface area contributed by atoms with Crippen LogP contribution in [0.3, 0.4) is 0 Å². The van der Waals surface area contributed by atoms with Gasteiger partial charge in [-0.15, -0.1) is 0 Å². The van der Waals surface area contributed by atoms with Crippen molar-refractivity contribution in [2.45, 2.75) is 30.6 Å². The number of alkyl halides is 1. The Morgan fingerprint density at radius 2 is 2.09 bits per heavy atom. The summed E-state index contributed by atoms with van der Waals surface area (Å²) in [5.74, 6) is -1.81. The molecule has 3 rings (SSSR count). The average Bonchev–Trinajstić information content (AvgIpc) is 3.15. The molecule has 1 aromatic rings. The molecule has 0 saturated carbocycles. The van der Waals surface area contributed by atoms with Gasteiger partial charge in [0.05, 0.1) is 6.54 Å². The second-order valence-corrected chi connectivity index (χ2v) is 6.34. The van der Waals surface area contributed by atoms with Crippen LogP contribution in [0, 0.1) is 0 Å². The molecule has 1 aromatic carbocycles. The number of carbonyl (C=O) groups is 2. The number of likely N-dealkylation sites (tertiary alicyclic amines) is 1. The van der Waals surface area contributed by atoms with Crippen molar-refractivity contribution in [1.29, 1.82) is 0 Å². The molecule has 124 valence electrons. The highest BCUT2D eigenvalue weighted by Gasteiger charge is 2.48. The van der Waals surface area contributed by atoms with E-state index in [9.17, 15) is 14.0 Å². The summed E-state index contributed by atoms with van der Waals surface area (Å²) in [6, 6.07) is 6.68. The van der Waals surface area contributed by atoms with Crippen LogP contribution in [-0.2, 0) is 9.59 Å². The number of aliphatic carboxylic acids is 1. The van der Waals surface area contributed by atoms with Crippen LogP contribution in [0.15, 0.2) is 24.3 Å². The summed E-state index contributed by atoms with van der Waals surface area (Å²) in [5, 5.41) is 9.51. The molecule has 2 saturated heterocycles. The molecular weight excluding hydrogens is 325 g/mol. The highest BCUT2D eigenvalue weighted by molar-refractivity contribution is 6.31. The van der Waals surface area contributed by atoms with Gasteiger partial charge in [0, 0.05) is 24.0 Å². The van der Waals surface area contributed by atoms with Crippen LogP contribution in [0.1, 0.15) is 24.4 Å². The van der Waals surface area contributed by atoms with Crippen LogP contribution < -0.4 is 10.9 Å². The molecule has 3 atom stereocenters. The fourth-order valence-electron chi connectivity index (χ4n) is 3.04. The van der Waals surface area contributed by atoms with Gasteiger partial charge in [-0.25, -0.2) is 20.0 Å². The largest absolute Gasteiger partial charge is 0.479 e. The summed E-state index contributed by atoms with van der Waals surface area (Å²) in [7, 11) is 0. The molecule has 23 heavy (non-hydrogen) atoms. The minimum atomic E-state index is -2.34. The summed E-state index contributed by atoms with van der Waals surface area (Å²) in [6.07, 6.45) is 0.285. The van der Waals surface area contributed by atoms with E-state index in [1.54, 1.807) is 6.07 Å². The van der Waals surface area contributed by atoms with Crippen molar-refractivity contribution in [3.63, 3.8) is 0 Å². The van der Waals surface area contributed by atoms with Crippen molar-refractivity contribution >= 4 is 23.5 Å². The van der Waals surface area contributed by atoms with Crippen LogP contribution >= 0.6 is 11.6 Å². The smallest absolute Gasteiger partial charge is 0.343 e. The Labute approximate surface area is 137 Å². The maximum absolute atomic E-state index is 14.1. The number of halogens is 2. The zero-order chi connectivity index (χ0) is 16.6. The van der Waals surface area contributed by atoms with Crippen LogP contribution in [0.5, 0.6) is 0 Å². The molecule has 0 aromatic heterocycles. The second-order valence-electron chi connectivity index (χ2n) is 5.93. The molecular formula is C15H17ClFN3O3. The molecule has 0 bridgehead atoms. The summed E-state index contributed by atoms with van der Waals surface area (Å²) >= 11 is 6.15. The number of benzene rings is 1. The molecule has 0 spiro atoms. The predicted octanol–water partition coefficient (Wildman–Crippen LogP) is 1.27. The molecule has 0 radical (unpaired) electrons. The van der Waals surface area contributed by atoms with Crippen LogP contribution in [-0.4, -0.2) is 46.7 Å². The number of hydrogen-bond acceptors (Lipinski definition) is 4. The Bertz CT molecular complexity index is 644. The first-order valence-electron chi connectivity index (χ1n) is 7.37. The van der Waals surface area contributed by atoms with Gasteiger partial charge in [-0.2, -0.15) is 0 Å². The van der Waals surface area contributed by atoms with Crippen molar-refractivity contribution in [2.24, 2.45) is 0 Å². The van der Waals surface area contributed by atoms with Crippen molar-refractivity contribution in [3.8, 4) is 0 Å². The molecule has 2 fully saturated rings. The van der Waals surface area contributed by atoms with Gasteiger partial charge in [0.2, 0.25) is 11.6 Å². The maximum atomic E-state index is 14.1. The van der Waals surface area contributed by atoms with E-state index < -0.39 is 24.2 Å². The summed E-state index contributed by atoms with van der Waals surface area (Å²) in [5.41, 5.74) is 4.45. The lowest BCUT2D eigenvalue weighted by Crippen LogP contribution is -2.46. The van der Waals surface area contributed by atoms with Crippen molar-refractivity contribution in [3.05, 3.63) is 34.9 Å². The number of hydrogen-bond donors (Lipinski definition) is 3. The molecule has 2 heterocycles. The Morgan fingerprint density at radius 3 is 2.74 bits per heavy atom. The van der Waals surface area contributed by atoms with Gasteiger partial charge in [0.1, 0.15) is 6.04 Å². The van der Waals surface area contributed by atoms with Gasteiger partial charge >= 0.3 is 5.97 Å². The summed E-state index contributed by atoms with van der Waals surface area (Å²) in [6.45, 7) is -0.299. The molecule has 3 unspecified atom stereocenters. The SMILES string of the molecule is O=C(C1CC(c2ccccc2Cl)NN1)N1CCC(F)(C(=O)O)C1. The predicted molar refractivity (Wildman–Crippen MR) is 81.5 cm³/mol. The van der Waals surface area contributed by atoms with E-state index in [1.807, 2.05) is 18.2 Å². The first kappa shape index (κ1) is 16.2. The van der Waals surface area contributed by atoms with Gasteiger partial charge in [0.15, 0.2) is 0 Å². The first-order chi connectivity index (χ1) is 10.9. The first-order valence-corrected chi connectivity index (χ1v) is 7.75. The van der Waals surface area contributed by atoms with Crippen molar-refractivity contribution < 1.29 is 19.1 Å².